The van der Waals surface area contributed by atoms with E-state index in [-0.39, 0.29) is 11.3 Å². The van der Waals surface area contributed by atoms with Gasteiger partial charge in [-0.05, 0) is 44.2 Å². The predicted molar refractivity (Wildman–Crippen MR) is 85.3 cm³/mol. The Morgan fingerprint density at radius 2 is 1.65 bits per heavy atom. The van der Waals surface area contributed by atoms with E-state index in [9.17, 15) is 4.79 Å². The van der Waals surface area contributed by atoms with Gasteiger partial charge >= 0.3 is 0 Å². The van der Waals surface area contributed by atoms with Crippen molar-refractivity contribution in [2.45, 2.75) is 53.9 Å². The fourth-order valence-electron chi connectivity index (χ4n) is 3.24. The number of aromatic nitrogens is 1. The number of hydrogen-bond acceptors (Lipinski definition) is 1. The van der Waals surface area contributed by atoms with Crippen LogP contribution in [0.25, 0.3) is 10.9 Å². The molecule has 0 atom stereocenters. The quantitative estimate of drug-likeness (QED) is 0.757. The van der Waals surface area contributed by atoms with E-state index in [1.165, 1.54) is 16.5 Å². The van der Waals surface area contributed by atoms with Crippen LogP contribution in [-0.2, 0) is 0 Å². The highest BCUT2D eigenvalue weighted by Crippen LogP contribution is 2.35. The Hall–Kier alpha value is -1.57. The second-order valence-corrected chi connectivity index (χ2v) is 5.80. The first-order valence-corrected chi connectivity index (χ1v) is 7.62. The molecule has 2 rings (SSSR count). The molecule has 0 aliphatic carbocycles. The number of hydrogen-bond donors (Lipinski definition) is 0. The van der Waals surface area contributed by atoms with Crippen LogP contribution in [0.1, 0.15) is 56.0 Å². The lowest BCUT2D eigenvalue weighted by Crippen LogP contribution is -2.33. The Bertz CT molecular complexity index is 624. The fraction of sp³-hybridized carbons (Fsp3) is 0.500. The van der Waals surface area contributed by atoms with Crippen molar-refractivity contribution in [3.63, 3.8) is 0 Å². The van der Waals surface area contributed by atoms with Gasteiger partial charge in [0.25, 0.3) is 0 Å². The topological polar surface area (TPSA) is 22.0 Å². The van der Waals surface area contributed by atoms with E-state index in [4.69, 9.17) is 0 Å². The van der Waals surface area contributed by atoms with Crippen molar-refractivity contribution >= 4 is 16.8 Å². The molecule has 0 fully saturated rings. The van der Waals surface area contributed by atoms with E-state index in [2.05, 4.69) is 52.8 Å². The van der Waals surface area contributed by atoms with Crippen molar-refractivity contribution in [1.82, 2.24) is 4.57 Å². The molecule has 2 nitrogen and oxygen atoms in total. The lowest BCUT2D eigenvalue weighted by atomic mass is 9.79. The summed E-state index contributed by atoms with van der Waals surface area (Å²) in [6.07, 6.45) is 4.69. The standard InChI is InChI=1S/C18H25NO/c1-6-18(7-2,8-3)17(20)19-12-14(5)15-11-9-10-13(4)16(15)19/h9-12H,6-8H2,1-5H3. The number of benzene rings is 1. The first-order chi connectivity index (χ1) is 9.50. The van der Waals surface area contributed by atoms with Gasteiger partial charge in [0.05, 0.1) is 5.52 Å². The number of aryl methyl sites for hydroxylation is 2. The molecule has 0 spiro atoms. The van der Waals surface area contributed by atoms with E-state index in [0.29, 0.717) is 0 Å². The van der Waals surface area contributed by atoms with Crippen molar-refractivity contribution in [2.24, 2.45) is 5.41 Å². The smallest absolute Gasteiger partial charge is 0.237 e. The van der Waals surface area contributed by atoms with Gasteiger partial charge in [0, 0.05) is 17.0 Å². The number of para-hydroxylation sites is 1. The maximum Gasteiger partial charge on any atom is 0.237 e. The second kappa shape index (κ2) is 5.43. The van der Waals surface area contributed by atoms with Crippen LogP contribution in [-0.4, -0.2) is 10.5 Å². The molecular formula is C18H25NO. The van der Waals surface area contributed by atoms with Crippen LogP contribution in [0, 0.1) is 19.3 Å². The van der Waals surface area contributed by atoms with Gasteiger partial charge in [-0.2, -0.15) is 0 Å². The van der Waals surface area contributed by atoms with E-state index >= 15 is 0 Å². The molecule has 0 bridgehead atoms. The first kappa shape index (κ1) is 14.8. The zero-order valence-electron chi connectivity index (χ0n) is 13.3. The largest absolute Gasteiger partial charge is 0.286 e. The van der Waals surface area contributed by atoms with Crippen LogP contribution in [0.5, 0.6) is 0 Å². The lowest BCUT2D eigenvalue weighted by Gasteiger charge is -2.29. The van der Waals surface area contributed by atoms with Gasteiger partial charge in [0.1, 0.15) is 0 Å². The van der Waals surface area contributed by atoms with Crippen molar-refractivity contribution in [3.8, 4) is 0 Å². The molecule has 1 aromatic carbocycles. The van der Waals surface area contributed by atoms with Gasteiger partial charge in [0.15, 0.2) is 0 Å². The van der Waals surface area contributed by atoms with Crippen LogP contribution in [0.15, 0.2) is 24.4 Å². The molecule has 2 heteroatoms. The SMILES string of the molecule is CCC(CC)(CC)C(=O)n1cc(C)c2cccc(C)c21. The third-order valence-corrected chi connectivity index (χ3v) is 4.93. The van der Waals surface area contributed by atoms with Gasteiger partial charge in [-0.3, -0.25) is 9.36 Å². The molecule has 0 saturated carbocycles. The lowest BCUT2D eigenvalue weighted by molar-refractivity contribution is 0.0675. The van der Waals surface area contributed by atoms with Crippen molar-refractivity contribution in [1.29, 1.82) is 0 Å². The third kappa shape index (κ3) is 2.07. The van der Waals surface area contributed by atoms with Crippen LogP contribution in [0.3, 0.4) is 0 Å². The normalized spacial score (nSPS) is 12.1. The number of rotatable bonds is 4. The minimum absolute atomic E-state index is 0.235. The minimum Gasteiger partial charge on any atom is -0.286 e. The highest BCUT2D eigenvalue weighted by molar-refractivity contribution is 5.98. The maximum atomic E-state index is 13.1. The summed E-state index contributed by atoms with van der Waals surface area (Å²) in [5.41, 5.74) is 3.19. The average Bonchev–Trinajstić information content (AvgIpc) is 2.80. The number of nitrogens with zero attached hydrogens (tertiary/aromatic N) is 1. The van der Waals surface area contributed by atoms with Gasteiger partial charge in [-0.1, -0.05) is 39.0 Å². The molecule has 0 aliphatic rings. The molecule has 0 saturated heterocycles. The second-order valence-electron chi connectivity index (χ2n) is 5.80. The number of carbonyl (C=O) groups excluding carboxylic acids is 1. The zero-order valence-corrected chi connectivity index (χ0v) is 13.3. The summed E-state index contributed by atoms with van der Waals surface area (Å²) in [5.74, 6) is 0.248. The Kier molecular flexibility index (Phi) is 4.03. The molecule has 108 valence electrons. The summed E-state index contributed by atoms with van der Waals surface area (Å²) >= 11 is 0. The van der Waals surface area contributed by atoms with E-state index in [1.54, 1.807) is 0 Å². The summed E-state index contributed by atoms with van der Waals surface area (Å²) in [6.45, 7) is 10.5. The third-order valence-electron chi connectivity index (χ3n) is 4.93. The molecule has 0 unspecified atom stereocenters. The van der Waals surface area contributed by atoms with E-state index in [1.807, 2.05) is 10.8 Å². The summed E-state index contributed by atoms with van der Waals surface area (Å²) in [5, 5.41) is 1.19. The molecular weight excluding hydrogens is 246 g/mol. The minimum atomic E-state index is -0.235. The molecule has 0 aliphatic heterocycles. The van der Waals surface area contributed by atoms with Gasteiger partial charge in [-0.25, -0.2) is 0 Å². The highest BCUT2D eigenvalue weighted by atomic mass is 16.2. The summed E-state index contributed by atoms with van der Waals surface area (Å²) in [7, 11) is 0. The molecule has 20 heavy (non-hydrogen) atoms. The predicted octanol–water partition coefficient (Wildman–Crippen LogP) is 5.11. The number of fused-ring (bicyclic) bond motifs is 1. The van der Waals surface area contributed by atoms with Crippen LogP contribution in [0.4, 0.5) is 0 Å². The molecule has 1 aromatic heterocycles. The molecule has 0 radical (unpaired) electrons. The maximum absolute atomic E-state index is 13.1. The summed E-state index contributed by atoms with van der Waals surface area (Å²) < 4.78 is 1.90. The van der Waals surface area contributed by atoms with Gasteiger partial charge < -0.3 is 0 Å². The highest BCUT2D eigenvalue weighted by Gasteiger charge is 2.34. The van der Waals surface area contributed by atoms with Crippen molar-refractivity contribution < 1.29 is 4.79 Å². The Balaban J connectivity index is 2.67. The van der Waals surface area contributed by atoms with Gasteiger partial charge in [0.2, 0.25) is 5.91 Å². The molecule has 0 N–H and O–H groups in total. The average molecular weight is 271 g/mol. The Morgan fingerprint density at radius 3 is 2.20 bits per heavy atom. The van der Waals surface area contributed by atoms with Crippen LogP contribution < -0.4 is 0 Å². The van der Waals surface area contributed by atoms with Gasteiger partial charge in [-0.15, -0.1) is 0 Å². The Labute approximate surface area is 121 Å². The fourth-order valence-corrected chi connectivity index (χ4v) is 3.24. The molecule has 0 amide bonds. The summed E-state index contributed by atoms with van der Waals surface area (Å²) in [4.78, 5) is 13.1. The van der Waals surface area contributed by atoms with Crippen LogP contribution >= 0.6 is 0 Å². The van der Waals surface area contributed by atoms with E-state index in [0.717, 1.165) is 24.8 Å². The Morgan fingerprint density at radius 1 is 1.05 bits per heavy atom. The molecule has 1 heterocycles. The monoisotopic (exact) mass is 271 g/mol. The first-order valence-electron chi connectivity index (χ1n) is 7.62. The zero-order chi connectivity index (χ0) is 14.9. The van der Waals surface area contributed by atoms with Crippen molar-refractivity contribution in [3.05, 3.63) is 35.5 Å². The van der Waals surface area contributed by atoms with Crippen molar-refractivity contribution in [2.75, 3.05) is 0 Å². The van der Waals surface area contributed by atoms with E-state index < -0.39 is 0 Å². The molecule has 2 aromatic rings. The van der Waals surface area contributed by atoms with Crippen LogP contribution in [0.2, 0.25) is 0 Å². The summed E-state index contributed by atoms with van der Waals surface area (Å²) in [6, 6.07) is 6.25. The number of carbonyl (C=O) groups is 1.